The summed E-state index contributed by atoms with van der Waals surface area (Å²) in [6.07, 6.45) is 0. The van der Waals surface area contributed by atoms with Gasteiger partial charge in [-0.25, -0.2) is 0 Å². The zero-order chi connectivity index (χ0) is 10.4. The summed E-state index contributed by atoms with van der Waals surface area (Å²) in [4.78, 5) is 0. The maximum absolute atomic E-state index is 7.94. The molecular formula is C11H20O2. The SMILES string of the molecule is CC.COCCO.c1ccccc1. The van der Waals surface area contributed by atoms with Gasteiger partial charge in [0.1, 0.15) is 0 Å². The summed E-state index contributed by atoms with van der Waals surface area (Å²) in [5.74, 6) is 0. The fraction of sp³-hybridized carbons (Fsp3) is 0.455. The van der Waals surface area contributed by atoms with Gasteiger partial charge in [0.25, 0.3) is 0 Å². The lowest BCUT2D eigenvalue weighted by Crippen LogP contribution is -1.91. The molecule has 2 nitrogen and oxygen atoms in total. The number of aliphatic hydroxyl groups is 1. The minimum atomic E-state index is 0.122. The van der Waals surface area contributed by atoms with E-state index in [0.717, 1.165) is 0 Å². The van der Waals surface area contributed by atoms with Crippen molar-refractivity contribution in [2.75, 3.05) is 20.3 Å². The molecule has 0 aliphatic rings. The van der Waals surface area contributed by atoms with Crippen LogP contribution in [0.25, 0.3) is 0 Å². The molecule has 0 unspecified atom stereocenters. The van der Waals surface area contributed by atoms with Crippen molar-refractivity contribution in [2.24, 2.45) is 0 Å². The molecule has 0 spiro atoms. The van der Waals surface area contributed by atoms with Crippen molar-refractivity contribution in [1.82, 2.24) is 0 Å². The Hall–Kier alpha value is -0.860. The smallest absolute Gasteiger partial charge is 0.0693 e. The van der Waals surface area contributed by atoms with Crippen molar-refractivity contribution in [3.8, 4) is 0 Å². The van der Waals surface area contributed by atoms with E-state index in [1.165, 1.54) is 0 Å². The molecule has 1 N–H and O–H groups in total. The Morgan fingerprint density at radius 2 is 1.23 bits per heavy atom. The summed E-state index contributed by atoms with van der Waals surface area (Å²) in [6.45, 7) is 4.57. The van der Waals surface area contributed by atoms with Crippen LogP contribution in [0.3, 0.4) is 0 Å². The lowest BCUT2D eigenvalue weighted by Gasteiger charge is -1.84. The van der Waals surface area contributed by atoms with Gasteiger partial charge in [-0.05, 0) is 0 Å². The zero-order valence-corrected chi connectivity index (χ0v) is 8.73. The van der Waals surface area contributed by atoms with E-state index in [1.54, 1.807) is 7.11 Å². The van der Waals surface area contributed by atoms with Crippen LogP contribution in [0.1, 0.15) is 13.8 Å². The van der Waals surface area contributed by atoms with Crippen LogP contribution in [0.5, 0.6) is 0 Å². The minimum Gasteiger partial charge on any atom is -0.394 e. The van der Waals surface area contributed by atoms with Crippen LogP contribution in [0.4, 0.5) is 0 Å². The van der Waals surface area contributed by atoms with E-state index in [-0.39, 0.29) is 6.61 Å². The quantitative estimate of drug-likeness (QED) is 0.764. The van der Waals surface area contributed by atoms with Gasteiger partial charge in [0.05, 0.1) is 13.2 Å². The molecule has 0 atom stereocenters. The summed E-state index contributed by atoms with van der Waals surface area (Å²) in [5.41, 5.74) is 0. The fourth-order valence-electron chi connectivity index (χ4n) is 0.476. The number of benzene rings is 1. The van der Waals surface area contributed by atoms with E-state index in [1.807, 2.05) is 50.2 Å². The van der Waals surface area contributed by atoms with Crippen molar-refractivity contribution in [3.05, 3.63) is 36.4 Å². The van der Waals surface area contributed by atoms with E-state index in [0.29, 0.717) is 6.61 Å². The predicted octanol–water partition coefficient (Wildman–Crippen LogP) is 2.34. The Labute approximate surface area is 81.2 Å². The third-order valence-electron chi connectivity index (χ3n) is 0.962. The fourth-order valence-corrected chi connectivity index (χ4v) is 0.476. The topological polar surface area (TPSA) is 29.5 Å². The maximum atomic E-state index is 7.94. The average molecular weight is 184 g/mol. The molecule has 0 radical (unpaired) electrons. The number of aliphatic hydroxyl groups excluding tert-OH is 1. The maximum Gasteiger partial charge on any atom is 0.0693 e. The number of hydrogen-bond donors (Lipinski definition) is 1. The second kappa shape index (κ2) is 17.3. The first-order valence-electron chi connectivity index (χ1n) is 4.51. The molecule has 0 bridgehead atoms. The molecule has 0 aliphatic heterocycles. The lowest BCUT2D eigenvalue weighted by atomic mass is 10.4. The van der Waals surface area contributed by atoms with Gasteiger partial charge in [0.2, 0.25) is 0 Å². The molecule has 1 aromatic rings. The van der Waals surface area contributed by atoms with Crippen LogP contribution in [-0.4, -0.2) is 25.4 Å². The lowest BCUT2D eigenvalue weighted by molar-refractivity contribution is 0.135. The van der Waals surface area contributed by atoms with Crippen molar-refractivity contribution in [3.63, 3.8) is 0 Å². The molecule has 0 heterocycles. The van der Waals surface area contributed by atoms with Gasteiger partial charge < -0.3 is 9.84 Å². The van der Waals surface area contributed by atoms with E-state index >= 15 is 0 Å². The Morgan fingerprint density at radius 3 is 1.31 bits per heavy atom. The Kier molecular flexibility index (Phi) is 19.5. The molecule has 0 fully saturated rings. The van der Waals surface area contributed by atoms with Crippen LogP contribution >= 0.6 is 0 Å². The van der Waals surface area contributed by atoms with Crippen LogP contribution < -0.4 is 0 Å². The van der Waals surface area contributed by atoms with Gasteiger partial charge in [-0.2, -0.15) is 0 Å². The third-order valence-corrected chi connectivity index (χ3v) is 0.962. The second-order valence-electron chi connectivity index (χ2n) is 1.87. The summed E-state index contributed by atoms with van der Waals surface area (Å²) < 4.78 is 4.44. The largest absolute Gasteiger partial charge is 0.394 e. The highest BCUT2D eigenvalue weighted by Crippen LogP contribution is 1.79. The van der Waals surface area contributed by atoms with E-state index in [2.05, 4.69) is 4.74 Å². The highest BCUT2D eigenvalue weighted by atomic mass is 16.5. The standard InChI is InChI=1S/C6H6.C3H8O2.C2H6/c1-2-4-6-5-3-1;1-5-3-2-4;1-2/h1-6H;4H,2-3H2,1H3;1-2H3. The van der Waals surface area contributed by atoms with Crippen molar-refractivity contribution >= 4 is 0 Å². The Bertz CT molecular complexity index is 111. The second-order valence-corrected chi connectivity index (χ2v) is 1.87. The van der Waals surface area contributed by atoms with E-state index in [9.17, 15) is 0 Å². The van der Waals surface area contributed by atoms with Gasteiger partial charge in [-0.1, -0.05) is 50.2 Å². The predicted molar refractivity (Wildman–Crippen MR) is 56.8 cm³/mol. The number of methoxy groups -OCH3 is 1. The first-order valence-corrected chi connectivity index (χ1v) is 4.51. The monoisotopic (exact) mass is 184 g/mol. The van der Waals surface area contributed by atoms with Gasteiger partial charge in [-0.15, -0.1) is 0 Å². The normalized spacial score (nSPS) is 7.38. The van der Waals surface area contributed by atoms with Crippen molar-refractivity contribution < 1.29 is 9.84 Å². The van der Waals surface area contributed by atoms with E-state index < -0.39 is 0 Å². The van der Waals surface area contributed by atoms with Crippen molar-refractivity contribution in [1.29, 1.82) is 0 Å². The highest BCUT2D eigenvalue weighted by Gasteiger charge is 1.67. The summed E-state index contributed by atoms with van der Waals surface area (Å²) >= 11 is 0. The first kappa shape index (κ1) is 14.7. The molecule has 0 saturated heterocycles. The third kappa shape index (κ3) is 18.3. The summed E-state index contributed by atoms with van der Waals surface area (Å²) in [6, 6.07) is 12.0. The van der Waals surface area contributed by atoms with Crippen LogP contribution in [0.15, 0.2) is 36.4 Å². The molecule has 2 heteroatoms. The molecule has 13 heavy (non-hydrogen) atoms. The first-order chi connectivity index (χ1) is 6.41. The summed E-state index contributed by atoms with van der Waals surface area (Å²) in [5, 5.41) is 7.94. The van der Waals surface area contributed by atoms with Gasteiger partial charge in [-0.3, -0.25) is 0 Å². The van der Waals surface area contributed by atoms with Crippen LogP contribution in [0.2, 0.25) is 0 Å². The van der Waals surface area contributed by atoms with Gasteiger partial charge >= 0.3 is 0 Å². The molecule has 1 aromatic carbocycles. The Morgan fingerprint density at radius 1 is 0.923 bits per heavy atom. The highest BCUT2D eigenvalue weighted by molar-refractivity contribution is 4.99. The molecule has 0 saturated carbocycles. The number of ether oxygens (including phenoxy) is 1. The number of rotatable bonds is 2. The molecule has 0 aromatic heterocycles. The van der Waals surface area contributed by atoms with Gasteiger partial charge in [0.15, 0.2) is 0 Å². The zero-order valence-electron chi connectivity index (χ0n) is 8.73. The molecule has 1 rings (SSSR count). The average Bonchev–Trinajstić information content (AvgIpc) is 2.25. The minimum absolute atomic E-state index is 0.122. The molecular weight excluding hydrogens is 164 g/mol. The molecule has 0 amide bonds. The van der Waals surface area contributed by atoms with Crippen LogP contribution in [-0.2, 0) is 4.74 Å². The van der Waals surface area contributed by atoms with E-state index in [4.69, 9.17) is 5.11 Å². The summed E-state index contributed by atoms with van der Waals surface area (Å²) in [7, 11) is 1.55. The number of hydrogen-bond acceptors (Lipinski definition) is 2. The Balaban J connectivity index is 0. The molecule has 0 aliphatic carbocycles. The van der Waals surface area contributed by atoms with Crippen molar-refractivity contribution in [2.45, 2.75) is 13.8 Å². The van der Waals surface area contributed by atoms with Crippen LogP contribution in [0, 0.1) is 0 Å². The molecule has 76 valence electrons. The van der Waals surface area contributed by atoms with Gasteiger partial charge in [0, 0.05) is 7.11 Å².